The molecular formula is C20H23NO3S. The van der Waals surface area contributed by atoms with Crippen LogP contribution in [0.1, 0.15) is 12.5 Å². The number of fused-ring (bicyclic) bond motifs is 1. The molecule has 0 N–H and O–H groups in total. The second-order valence-corrected chi connectivity index (χ2v) is 7.08. The lowest BCUT2D eigenvalue weighted by atomic mass is 10.2. The predicted octanol–water partition coefficient (Wildman–Crippen LogP) is 3.78. The zero-order valence-corrected chi connectivity index (χ0v) is 15.4. The molecule has 1 amide bonds. The molecule has 1 aliphatic rings. The van der Waals surface area contributed by atoms with E-state index in [9.17, 15) is 4.79 Å². The molecule has 0 aliphatic carbocycles. The van der Waals surface area contributed by atoms with Crippen molar-refractivity contribution in [2.75, 3.05) is 25.4 Å². The molecule has 1 unspecified atom stereocenters. The van der Waals surface area contributed by atoms with Crippen molar-refractivity contribution in [1.82, 2.24) is 4.90 Å². The van der Waals surface area contributed by atoms with Crippen molar-refractivity contribution < 1.29 is 14.3 Å². The maximum absolute atomic E-state index is 12.5. The molecule has 0 fully saturated rings. The first-order valence-corrected chi connectivity index (χ1v) is 9.50. The van der Waals surface area contributed by atoms with Gasteiger partial charge in [0.2, 0.25) is 5.91 Å². The fraction of sp³-hybridized carbons (Fsp3) is 0.350. The highest BCUT2D eigenvalue weighted by molar-refractivity contribution is 8.00. The number of para-hydroxylation sites is 2. The lowest BCUT2D eigenvalue weighted by Crippen LogP contribution is -2.44. The zero-order chi connectivity index (χ0) is 17.6. The van der Waals surface area contributed by atoms with Crippen molar-refractivity contribution in [3.8, 4) is 11.5 Å². The molecule has 132 valence electrons. The molecule has 1 atom stereocenters. The molecule has 4 nitrogen and oxygen atoms in total. The number of rotatable bonds is 6. The second-order valence-electron chi connectivity index (χ2n) is 6.03. The van der Waals surface area contributed by atoms with Gasteiger partial charge in [-0.05, 0) is 38.1 Å². The Hall–Kier alpha value is -2.14. The quantitative estimate of drug-likeness (QED) is 0.738. The molecule has 25 heavy (non-hydrogen) atoms. The number of carbonyl (C=O) groups excluding carboxylic acids is 1. The van der Waals surface area contributed by atoms with Crippen molar-refractivity contribution in [2.24, 2.45) is 0 Å². The monoisotopic (exact) mass is 357 g/mol. The van der Waals surface area contributed by atoms with Gasteiger partial charge < -0.3 is 14.4 Å². The maximum atomic E-state index is 12.5. The lowest BCUT2D eigenvalue weighted by molar-refractivity contribution is -0.129. The van der Waals surface area contributed by atoms with Crippen LogP contribution >= 0.6 is 11.8 Å². The number of ether oxygens (including phenoxy) is 2. The number of amides is 1. The number of aryl methyl sites for hydroxylation is 1. The van der Waals surface area contributed by atoms with Crippen LogP contribution in [0.3, 0.4) is 0 Å². The van der Waals surface area contributed by atoms with Crippen LogP contribution in [0.25, 0.3) is 0 Å². The summed E-state index contributed by atoms with van der Waals surface area (Å²) < 4.78 is 11.7. The molecule has 0 radical (unpaired) electrons. The first-order chi connectivity index (χ1) is 12.2. The molecule has 5 heteroatoms. The molecule has 0 saturated carbocycles. The average Bonchev–Trinajstić information content (AvgIpc) is 2.65. The van der Waals surface area contributed by atoms with Crippen LogP contribution in [0.5, 0.6) is 11.5 Å². The summed E-state index contributed by atoms with van der Waals surface area (Å²) in [6, 6.07) is 15.9. The van der Waals surface area contributed by atoms with Gasteiger partial charge in [-0.25, -0.2) is 0 Å². The van der Waals surface area contributed by atoms with Crippen molar-refractivity contribution in [3.05, 3.63) is 54.1 Å². The third-order valence-electron chi connectivity index (χ3n) is 4.11. The summed E-state index contributed by atoms with van der Waals surface area (Å²) in [5.74, 6) is 2.07. The van der Waals surface area contributed by atoms with E-state index in [2.05, 4.69) is 31.2 Å². The summed E-state index contributed by atoms with van der Waals surface area (Å²) in [4.78, 5) is 15.5. The third kappa shape index (κ3) is 4.69. The summed E-state index contributed by atoms with van der Waals surface area (Å²) >= 11 is 1.57. The Morgan fingerprint density at radius 2 is 1.88 bits per heavy atom. The largest absolute Gasteiger partial charge is 0.486 e. The van der Waals surface area contributed by atoms with E-state index in [1.165, 1.54) is 5.56 Å². The number of carbonyl (C=O) groups is 1. The molecular weight excluding hydrogens is 334 g/mol. The van der Waals surface area contributed by atoms with E-state index in [1.54, 1.807) is 11.8 Å². The maximum Gasteiger partial charge on any atom is 0.233 e. The highest BCUT2D eigenvalue weighted by atomic mass is 32.2. The SMILES string of the molecule is CCN(CC1COc2ccccc2O1)C(=O)CSc1ccc(C)cc1. The Morgan fingerprint density at radius 3 is 2.60 bits per heavy atom. The molecule has 0 bridgehead atoms. The van der Waals surface area contributed by atoms with Crippen molar-refractivity contribution in [2.45, 2.75) is 24.8 Å². The van der Waals surface area contributed by atoms with E-state index < -0.39 is 0 Å². The van der Waals surface area contributed by atoms with E-state index in [4.69, 9.17) is 9.47 Å². The van der Waals surface area contributed by atoms with Gasteiger partial charge >= 0.3 is 0 Å². The van der Waals surface area contributed by atoms with Gasteiger partial charge in [0.25, 0.3) is 0 Å². The normalized spacial score (nSPS) is 15.7. The minimum atomic E-state index is -0.136. The van der Waals surface area contributed by atoms with Gasteiger partial charge in [-0.3, -0.25) is 4.79 Å². The van der Waals surface area contributed by atoms with Gasteiger partial charge in [0, 0.05) is 11.4 Å². The van der Waals surface area contributed by atoms with Crippen LogP contribution in [0.15, 0.2) is 53.4 Å². The molecule has 2 aromatic rings. The summed E-state index contributed by atoms with van der Waals surface area (Å²) in [6.45, 7) is 5.72. The smallest absolute Gasteiger partial charge is 0.233 e. The van der Waals surface area contributed by atoms with Gasteiger partial charge in [-0.15, -0.1) is 11.8 Å². The minimum absolute atomic E-state index is 0.121. The van der Waals surface area contributed by atoms with Gasteiger partial charge in [-0.1, -0.05) is 29.8 Å². The third-order valence-corrected chi connectivity index (χ3v) is 5.11. The second kappa shape index (κ2) is 8.30. The molecule has 0 aromatic heterocycles. The standard InChI is InChI=1S/C20H23NO3S/c1-3-21(20(22)14-25-17-10-8-15(2)9-11-17)12-16-13-23-18-6-4-5-7-19(18)24-16/h4-11,16H,3,12-14H2,1-2H3. The minimum Gasteiger partial charge on any atom is -0.486 e. The van der Waals surface area contributed by atoms with Crippen LogP contribution in [0.4, 0.5) is 0 Å². The first-order valence-electron chi connectivity index (χ1n) is 8.51. The number of hydrogen-bond acceptors (Lipinski definition) is 4. The van der Waals surface area contributed by atoms with Gasteiger partial charge in [0.05, 0.1) is 12.3 Å². The Bertz CT molecular complexity index is 717. The lowest BCUT2D eigenvalue weighted by Gasteiger charge is -2.30. The van der Waals surface area contributed by atoms with Crippen LogP contribution < -0.4 is 9.47 Å². The zero-order valence-electron chi connectivity index (χ0n) is 14.6. The van der Waals surface area contributed by atoms with E-state index in [0.29, 0.717) is 25.4 Å². The summed E-state index contributed by atoms with van der Waals surface area (Å²) in [6.07, 6.45) is -0.136. The summed E-state index contributed by atoms with van der Waals surface area (Å²) in [5.41, 5.74) is 1.22. The first kappa shape index (κ1) is 17.7. The molecule has 2 aromatic carbocycles. The molecule has 0 saturated heterocycles. The van der Waals surface area contributed by atoms with Crippen LogP contribution in [-0.2, 0) is 4.79 Å². The topological polar surface area (TPSA) is 38.8 Å². The van der Waals surface area contributed by atoms with Crippen LogP contribution in [0, 0.1) is 6.92 Å². The number of nitrogens with zero attached hydrogens (tertiary/aromatic N) is 1. The fourth-order valence-corrected chi connectivity index (χ4v) is 3.48. The van der Waals surface area contributed by atoms with Gasteiger partial charge in [-0.2, -0.15) is 0 Å². The van der Waals surface area contributed by atoms with E-state index in [1.807, 2.05) is 36.1 Å². The summed E-state index contributed by atoms with van der Waals surface area (Å²) in [7, 11) is 0. The van der Waals surface area contributed by atoms with Gasteiger partial charge in [0.1, 0.15) is 6.61 Å². The predicted molar refractivity (Wildman–Crippen MR) is 101 cm³/mol. The number of thioether (sulfide) groups is 1. The summed E-state index contributed by atoms with van der Waals surface area (Å²) in [5, 5.41) is 0. The Balaban J connectivity index is 1.53. The van der Waals surface area contributed by atoms with E-state index in [-0.39, 0.29) is 12.0 Å². The fourth-order valence-electron chi connectivity index (χ4n) is 2.68. The van der Waals surface area contributed by atoms with Gasteiger partial charge in [0.15, 0.2) is 17.6 Å². The Morgan fingerprint density at radius 1 is 1.16 bits per heavy atom. The van der Waals surface area contributed by atoms with Crippen molar-refractivity contribution >= 4 is 17.7 Å². The number of benzene rings is 2. The Labute approximate surface area is 153 Å². The number of hydrogen-bond donors (Lipinski definition) is 0. The van der Waals surface area contributed by atoms with E-state index in [0.717, 1.165) is 16.4 Å². The van der Waals surface area contributed by atoms with Crippen molar-refractivity contribution in [1.29, 1.82) is 0 Å². The average molecular weight is 357 g/mol. The molecule has 1 heterocycles. The highest BCUT2D eigenvalue weighted by Gasteiger charge is 2.24. The molecule has 1 aliphatic heterocycles. The van der Waals surface area contributed by atoms with Crippen LogP contribution in [0.2, 0.25) is 0 Å². The molecule has 0 spiro atoms. The van der Waals surface area contributed by atoms with E-state index >= 15 is 0 Å². The molecule has 3 rings (SSSR count). The van der Waals surface area contributed by atoms with Crippen molar-refractivity contribution in [3.63, 3.8) is 0 Å². The highest BCUT2D eigenvalue weighted by Crippen LogP contribution is 2.31. The number of likely N-dealkylation sites (N-methyl/N-ethyl adjacent to an activating group) is 1. The Kier molecular flexibility index (Phi) is 5.87. The van der Waals surface area contributed by atoms with Crippen LogP contribution in [-0.4, -0.2) is 42.4 Å².